The third-order valence-corrected chi connectivity index (χ3v) is 3.05. The number of nitrogens with zero attached hydrogens (tertiary/aromatic N) is 1. The molecule has 3 nitrogen and oxygen atoms in total. The van der Waals surface area contributed by atoms with Crippen LogP contribution in [0.1, 0.15) is 25.7 Å². The number of rotatable bonds is 2. The third-order valence-electron chi connectivity index (χ3n) is 3.05. The van der Waals surface area contributed by atoms with E-state index < -0.39 is 0 Å². The maximum atomic E-state index is 11.0. The second kappa shape index (κ2) is 4.20. The Bertz CT molecular complexity index is 177. The van der Waals surface area contributed by atoms with Crippen molar-refractivity contribution in [2.75, 3.05) is 26.2 Å². The molecular weight excluding hydrogens is 164 g/mol. The molecule has 13 heavy (non-hydrogen) atoms. The molecule has 0 saturated carbocycles. The van der Waals surface area contributed by atoms with Gasteiger partial charge in [-0.05, 0) is 19.4 Å². The summed E-state index contributed by atoms with van der Waals surface area (Å²) in [6, 6.07) is 0.688. The normalized spacial score (nSPS) is 31.1. The SMILES string of the molecule is O=C1CCN(CC2CCCN2)CC1. The molecule has 0 aliphatic carbocycles. The highest BCUT2D eigenvalue weighted by molar-refractivity contribution is 5.79. The summed E-state index contributed by atoms with van der Waals surface area (Å²) in [6.07, 6.45) is 4.17. The van der Waals surface area contributed by atoms with Gasteiger partial charge in [0.1, 0.15) is 5.78 Å². The van der Waals surface area contributed by atoms with Crippen molar-refractivity contribution in [3.05, 3.63) is 0 Å². The van der Waals surface area contributed by atoms with E-state index in [1.54, 1.807) is 0 Å². The van der Waals surface area contributed by atoms with Crippen molar-refractivity contribution < 1.29 is 4.79 Å². The zero-order valence-corrected chi connectivity index (χ0v) is 8.09. The molecule has 2 saturated heterocycles. The summed E-state index contributed by atoms with van der Waals surface area (Å²) < 4.78 is 0. The summed E-state index contributed by atoms with van der Waals surface area (Å²) >= 11 is 0. The third kappa shape index (κ3) is 2.51. The lowest BCUT2D eigenvalue weighted by atomic mass is 10.1. The van der Waals surface area contributed by atoms with Crippen molar-refractivity contribution in [2.24, 2.45) is 0 Å². The van der Waals surface area contributed by atoms with Crippen LogP contribution in [0.3, 0.4) is 0 Å². The van der Waals surface area contributed by atoms with E-state index in [0.717, 1.165) is 32.5 Å². The number of hydrogen-bond donors (Lipinski definition) is 1. The Morgan fingerprint density at radius 3 is 2.77 bits per heavy atom. The van der Waals surface area contributed by atoms with Crippen molar-refractivity contribution in [1.82, 2.24) is 10.2 Å². The molecule has 1 unspecified atom stereocenters. The van der Waals surface area contributed by atoms with Crippen LogP contribution < -0.4 is 5.32 Å². The molecule has 0 aromatic carbocycles. The molecule has 2 fully saturated rings. The van der Waals surface area contributed by atoms with E-state index in [1.165, 1.54) is 19.4 Å². The van der Waals surface area contributed by atoms with E-state index in [4.69, 9.17) is 0 Å². The smallest absolute Gasteiger partial charge is 0.135 e. The van der Waals surface area contributed by atoms with Gasteiger partial charge in [0.25, 0.3) is 0 Å². The minimum atomic E-state index is 0.440. The Morgan fingerprint density at radius 1 is 1.38 bits per heavy atom. The van der Waals surface area contributed by atoms with Crippen LogP contribution in [-0.2, 0) is 4.79 Å². The molecule has 2 aliphatic rings. The number of ketones is 1. The van der Waals surface area contributed by atoms with Gasteiger partial charge in [0.15, 0.2) is 0 Å². The first-order valence-corrected chi connectivity index (χ1v) is 5.32. The highest BCUT2D eigenvalue weighted by atomic mass is 16.1. The summed E-state index contributed by atoms with van der Waals surface area (Å²) in [5, 5.41) is 3.49. The molecule has 0 bridgehead atoms. The summed E-state index contributed by atoms with van der Waals surface area (Å²) in [5.74, 6) is 0.440. The second-order valence-electron chi connectivity index (χ2n) is 4.13. The Labute approximate surface area is 79.5 Å². The molecule has 2 aliphatic heterocycles. The highest BCUT2D eigenvalue weighted by Crippen LogP contribution is 2.10. The van der Waals surface area contributed by atoms with Gasteiger partial charge in [0.05, 0.1) is 0 Å². The van der Waals surface area contributed by atoms with Crippen molar-refractivity contribution in [3.63, 3.8) is 0 Å². The largest absolute Gasteiger partial charge is 0.313 e. The number of nitrogens with one attached hydrogen (secondary N) is 1. The number of carbonyl (C=O) groups excluding carboxylic acids is 1. The van der Waals surface area contributed by atoms with Crippen LogP contribution in [0.2, 0.25) is 0 Å². The number of hydrogen-bond acceptors (Lipinski definition) is 3. The molecule has 3 heteroatoms. The van der Waals surface area contributed by atoms with Crippen molar-refractivity contribution in [2.45, 2.75) is 31.7 Å². The molecule has 0 radical (unpaired) electrons. The van der Waals surface area contributed by atoms with E-state index in [1.807, 2.05) is 0 Å². The number of likely N-dealkylation sites (tertiary alicyclic amines) is 1. The summed E-state index contributed by atoms with van der Waals surface area (Å²) in [4.78, 5) is 13.4. The zero-order valence-electron chi connectivity index (χ0n) is 8.09. The van der Waals surface area contributed by atoms with Gasteiger partial charge in [0.2, 0.25) is 0 Å². The molecule has 2 heterocycles. The van der Waals surface area contributed by atoms with Crippen molar-refractivity contribution in [1.29, 1.82) is 0 Å². The Morgan fingerprint density at radius 2 is 2.15 bits per heavy atom. The standard InChI is InChI=1S/C10H18N2O/c13-10-3-6-12(7-4-10)8-9-2-1-5-11-9/h9,11H,1-8H2. The summed E-state index contributed by atoms with van der Waals surface area (Å²) in [7, 11) is 0. The fraction of sp³-hybridized carbons (Fsp3) is 0.900. The van der Waals surface area contributed by atoms with Crippen molar-refractivity contribution >= 4 is 5.78 Å². The van der Waals surface area contributed by atoms with Gasteiger partial charge in [0, 0.05) is 38.5 Å². The number of carbonyl (C=O) groups is 1. The van der Waals surface area contributed by atoms with E-state index in [2.05, 4.69) is 10.2 Å². The zero-order chi connectivity index (χ0) is 9.10. The van der Waals surface area contributed by atoms with Gasteiger partial charge < -0.3 is 10.2 Å². The van der Waals surface area contributed by atoms with E-state index in [-0.39, 0.29) is 0 Å². The van der Waals surface area contributed by atoms with Gasteiger partial charge in [-0.25, -0.2) is 0 Å². The van der Waals surface area contributed by atoms with E-state index in [0.29, 0.717) is 11.8 Å². The monoisotopic (exact) mass is 182 g/mol. The van der Waals surface area contributed by atoms with Gasteiger partial charge in [-0.3, -0.25) is 4.79 Å². The molecule has 1 atom stereocenters. The molecule has 0 spiro atoms. The predicted molar refractivity (Wildman–Crippen MR) is 51.7 cm³/mol. The van der Waals surface area contributed by atoms with Gasteiger partial charge in [-0.1, -0.05) is 0 Å². The first-order chi connectivity index (χ1) is 6.34. The predicted octanol–water partition coefficient (Wildman–Crippen LogP) is 0.403. The molecule has 74 valence electrons. The molecule has 1 N–H and O–H groups in total. The fourth-order valence-corrected chi connectivity index (χ4v) is 2.21. The quantitative estimate of drug-likeness (QED) is 0.671. The van der Waals surface area contributed by atoms with Crippen LogP contribution in [0.25, 0.3) is 0 Å². The van der Waals surface area contributed by atoms with Crippen LogP contribution in [0.15, 0.2) is 0 Å². The lowest BCUT2D eigenvalue weighted by Gasteiger charge is -2.28. The lowest BCUT2D eigenvalue weighted by molar-refractivity contribution is -0.121. The van der Waals surface area contributed by atoms with Crippen LogP contribution in [-0.4, -0.2) is 42.9 Å². The fourth-order valence-electron chi connectivity index (χ4n) is 2.21. The van der Waals surface area contributed by atoms with Crippen LogP contribution >= 0.6 is 0 Å². The maximum absolute atomic E-state index is 11.0. The van der Waals surface area contributed by atoms with Crippen LogP contribution in [0.4, 0.5) is 0 Å². The van der Waals surface area contributed by atoms with Crippen LogP contribution in [0, 0.1) is 0 Å². The maximum Gasteiger partial charge on any atom is 0.135 e. The van der Waals surface area contributed by atoms with Crippen LogP contribution in [0.5, 0.6) is 0 Å². The van der Waals surface area contributed by atoms with E-state index >= 15 is 0 Å². The topological polar surface area (TPSA) is 32.3 Å². The first kappa shape index (κ1) is 9.16. The van der Waals surface area contributed by atoms with Crippen molar-refractivity contribution in [3.8, 4) is 0 Å². The average Bonchev–Trinajstić information content (AvgIpc) is 2.62. The molecule has 0 amide bonds. The molecule has 0 aromatic heterocycles. The minimum Gasteiger partial charge on any atom is -0.313 e. The highest BCUT2D eigenvalue weighted by Gasteiger charge is 2.21. The Kier molecular flexibility index (Phi) is 2.96. The van der Waals surface area contributed by atoms with Gasteiger partial charge >= 0.3 is 0 Å². The summed E-state index contributed by atoms with van der Waals surface area (Å²) in [6.45, 7) is 4.29. The average molecular weight is 182 g/mol. The number of Topliss-reactive ketones (excluding diaryl/α,β-unsaturated/α-hetero) is 1. The Balaban J connectivity index is 1.72. The molecular formula is C10H18N2O. The second-order valence-corrected chi connectivity index (χ2v) is 4.13. The van der Waals surface area contributed by atoms with E-state index in [9.17, 15) is 4.79 Å². The molecule has 0 aromatic rings. The lowest BCUT2D eigenvalue weighted by Crippen LogP contribution is -2.41. The molecule has 2 rings (SSSR count). The first-order valence-electron chi connectivity index (χ1n) is 5.32. The van der Waals surface area contributed by atoms with Gasteiger partial charge in [-0.2, -0.15) is 0 Å². The number of piperidine rings is 1. The van der Waals surface area contributed by atoms with Gasteiger partial charge in [-0.15, -0.1) is 0 Å². The Hall–Kier alpha value is -0.410. The summed E-state index contributed by atoms with van der Waals surface area (Å²) in [5.41, 5.74) is 0. The minimum absolute atomic E-state index is 0.440.